The Kier molecular flexibility index (Phi) is 7.28. The molecule has 0 bridgehead atoms. The molecule has 4 rings (SSSR count). The van der Waals surface area contributed by atoms with Crippen molar-refractivity contribution in [2.24, 2.45) is 11.8 Å². The Labute approximate surface area is 194 Å². The molecule has 1 aliphatic carbocycles. The molecule has 3 aromatic rings. The van der Waals surface area contributed by atoms with Gasteiger partial charge in [-0.15, -0.1) is 0 Å². The number of carboxylic acid groups (broad SMARTS) is 1. The summed E-state index contributed by atoms with van der Waals surface area (Å²) in [5, 5.41) is 14.4. The number of aliphatic carboxylic acids is 1. The van der Waals surface area contributed by atoms with Crippen LogP contribution in [0.1, 0.15) is 31.4 Å². The van der Waals surface area contributed by atoms with Crippen LogP contribution in [-0.2, 0) is 16.1 Å². The number of ether oxygens (including phenoxy) is 1. The fourth-order valence-corrected chi connectivity index (χ4v) is 4.96. The van der Waals surface area contributed by atoms with Crippen molar-refractivity contribution in [1.29, 1.82) is 0 Å². The maximum Gasteiger partial charge on any atom is 0.329 e. The summed E-state index contributed by atoms with van der Waals surface area (Å²) >= 11 is 6.58. The van der Waals surface area contributed by atoms with E-state index in [1.54, 1.807) is 0 Å². The van der Waals surface area contributed by atoms with Crippen molar-refractivity contribution in [1.82, 2.24) is 9.78 Å². The molecule has 1 aliphatic rings. The lowest BCUT2D eigenvalue weighted by molar-refractivity contribution is -0.142. The van der Waals surface area contributed by atoms with E-state index in [0.717, 1.165) is 65.3 Å². The third-order valence-corrected chi connectivity index (χ3v) is 6.62. The number of hydrogen-bond donors (Lipinski definition) is 1. The summed E-state index contributed by atoms with van der Waals surface area (Å²) in [6, 6.07) is 18.4. The van der Waals surface area contributed by atoms with Crippen molar-refractivity contribution < 1.29 is 14.6 Å². The van der Waals surface area contributed by atoms with E-state index in [1.165, 1.54) is 0 Å². The van der Waals surface area contributed by atoms with Crippen molar-refractivity contribution in [3.63, 3.8) is 0 Å². The average Bonchev–Trinajstić information content (AvgIpc) is 3.11. The summed E-state index contributed by atoms with van der Waals surface area (Å²) in [5.74, 6) is 0.0688. The molecule has 0 spiro atoms. The first-order valence-electron chi connectivity index (χ1n) is 11.2. The molecule has 0 unspecified atom stereocenters. The first-order chi connectivity index (χ1) is 15.5. The summed E-state index contributed by atoms with van der Waals surface area (Å²) < 4.78 is 7.48. The number of rotatable bonds is 8. The Bertz CT molecular complexity index is 1060. The minimum absolute atomic E-state index is 0.211. The van der Waals surface area contributed by atoms with Crippen molar-refractivity contribution in [3.8, 4) is 22.4 Å². The van der Waals surface area contributed by atoms with E-state index in [4.69, 9.17) is 26.5 Å². The molecule has 1 fully saturated rings. The van der Waals surface area contributed by atoms with Crippen LogP contribution in [-0.4, -0.2) is 34.1 Å². The molecule has 1 N–H and O–H groups in total. The Morgan fingerprint density at radius 3 is 2.41 bits per heavy atom. The maximum absolute atomic E-state index is 10.7. The molecule has 32 heavy (non-hydrogen) atoms. The molecule has 0 aliphatic heterocycles. The number of benzene rings is 2. The van der Waals surface area contributed by atoms with Gasteiger partial charge in [0.1, 0.15) is 6.61 Å². The molecular formula is C26H29ClN2O3. The number of carboxylic acids is 1. The predicted molar refractivity (Wildman–Crippen MR) is 127 cm³/mol. The lowest BCUT2D eigenvalue weighted by Gasteiger charge is -2.28. The highest BCUT2D eigenvalue weighted by Gasteiger charge is 2.25. The van der Waals surface area contributed by atoms with E-state index < -0.39 is 5.97 Å². The Morgan fingerprint density at radius 1 is 1.06 bits per heavy atom. The van der Waals surface area contributed by atoms with Gasteiger partial charge in [-0.2, -0.15) is 5.10 Å². The fraction of sp³-hybridized carbons (Fsp3) is 0.385. The van der Waals surface area contributed by atoms with Gasteiger partial charge in [0.25, 0.3) is 0 Å². The molecule has 0 radical (unpaired) electrons. The molecular weight excluding hydrogens is 424 g/mol. The van der Waals surface area contributed by atoms with Crippen molar-refractivity contribution in [2.75, 3.05) is 13.2 Å². The van der Waals surface area contributed by atoms with Gasteiger partial charge in [-0.3, -0.25) is 4.68 Å². The van der Waals surface area contributed by atoms with Gasteiger partial charge in [-0.1, -0.05) is 60.1 Å². The fourth-order valence-electron chi connectivity index (χ4n) is 4.73. The summed E-state index contributed by atoms with van der Waals surface area (Å²) in [5.41, 5.74) is 5.34. The topological polar surface area (TPSA) is 64.4 Å². The molecule has 0 atom stereocenters. The smallest absolute Gasteiger partial charge is 0.329 e. The summed E-state index contributed by atoms with van der Waals surface area (Å²) in [4.78, 5) is 10.7. The van der Waals surface area contributed by atoms with Crippen LogP contribution >= 0.6 is 11.6 Å². The van der Waals surface area contributed by atoms with E-state index >= 15 is 0 Å². The lowest BCUT2D eigenvalue weighted by atomic mass is 9.82. The van der Waals surface area contributed by atoms with Crippen molar-refractivity contribution in [2.45, 2.75) is 39.2 Å². The van der Waals surface area contributed by atoms with Crippen LogP contribution in [0, 0.1) is 18.8 Å². The van der Waals surface area contributed by atoms with Crippen LogP contribution in [0.5, 0.6) is 0 Å². The average molecular weight is 453 g/mol. The Hall–Kier alpha value is -2.63. The van der Waals surface area contributed by atoms with E-state index in [9.17, 15) is 4.79 Å². The van der Waals surface area contributed by atoms with Gasteiger partial charge in [-0.25, -0.2) is 4.79 Å². The summed E-state index contributed by atoms with van der Waals surface area (Å²) in [6.45, 7) is 3.24. The minimum Gasteiger partial charge on any atom is -0.480 e. The number of halogens is 1. The number of nitrogens with zero attached hydrogens (tertiary/aromatic N) is 2. The molecule has 2 aromatic carbocycles. The second-order valence-electron chi connectivity index (χ2n) is 8.63. The number of carbonyl (C=O) groups is 1. The highest BCUT2D eigenvalue weighted by atomic mass is 35.5. The van der Waals surface area contributed by atoms with E-state index in [0.29, 0.717) is 18.4 Å². The normalized spacial score (nSPS) is 18.6. The first-order valence-corrected chi connectivity index (χ1v) is 11.6. The third kappa shape index (κ3) is 5.22. The molecule has 5 nitrogen and oxygen atoms in total. The zero-order valence-electron chi connectivity index (χ0n) is 18.3. The van der Waals surface area contributed by atoms with Crippen LogP contribution in [0.25, 0.3) is 22.4 Å². The monoisotopic (exact) mass is 452 g/mol. The van der Waals surface area contributed by atoms with Gasteiger partial charge < -0.3 is 9.84 Å². The zero-order chi connectivity index (χ0) is 22.5. The van der Waals surface area contributed by atoms with E-state index in [1.807, 2.05) is 24.3 Å². The standard InChI is InChI=1S/C26H29ClN2O3/c1-18-25(22-9-5-6-10-23(22)27)26(21-7-3-2-4-8-21)29(28-18)15-19-11-13-20(14-12-19)16-32-17-24(30)31/h2-10,19-20H,11-17H2,1H3,(H,30,31)/t19-,20-. The largest absolute Gasteiger partial charge is 0.480 e. The van der Waals surface area contributed by atoms with Gasteiger partial charge in [0.2, 0.25) is 0 Å². The Morgan fingerprint density at radius 2 is 1.72 bits per heavy atom. The zero-order valence-corrected chi connectivity index (χ0v) is 19.1. The SMILES string of the molecule is Cc1nn(C[C@H]2CC[C@H](COCC(=O)O)CC2)c(-c2ccccc2)c1-c1ccccc1Cl. The molecule has 1 heterocycles. The molecule has 1 aromatic heterocycles. The second kappa shape index (κ2) is 10.3. The van der Waals surface area contributed by atoms with Crippen LogP contribution in [0.2, 0.25) is 5.02 Å². The molecule has 0 saturated heterocycles. The minimum atomic E-state index is -0.907. The maximum atomic E-state index is 10.7. The Balaban J connectivity index is 1.56. The van der Waals surface area contributed by atoms with Crippen molar-refractivity contribution in [3.05, 3.63) is 65.3 Å². The molecule has 168 valence electrons. The second-order valence-corrected chi connectivity index (χ2v) is 9.04. The van der Waals surface area contributed by atoms with Gasteiger partial charge in [0.05, 0.1) is 18.0 Å². The number of hydrogen-bond acceptors (Lipinski definition) is 3. The molecule has 0 amide bonds. The lowest BCUT2D eigenvalue weighted by Crippen LogP contribution is -2.23. The quantitative estimate of drug-likeness (QED) is 0.449. The van der Waals surface area contributed by atoms with Crippen LogP contribution in [0.3, 0.4) is 0 Å². The van der Waals surface area contributed by atoms with Gasteiger partial charge in [-0.05, 0) is 50.5 Å². The van der Waals surface area contributed by atoms with Crippen LogP contribution < -0.4 is 0 Å². The van der Waals surface area contributed by atoms with Crippen molar-refractivity contribution >= 4 is 17.6 Å². The summed E-state index contributed by atoms with van der Waals surface area (Å²) in [7, 11) is 0. The number of aryl methyl sites for hydroxylation is 1. The first kappa shape index (κ1) is 22.6. The summed E-state index contributed by atoms with van der Waals surface area (Å²) in [6.07, 6.45) is 4.30. The molecule has 1 saturated carbocycles. The van der Waals surface area contributed by atoms with Crippen LogP contribution in [0.4, 0.5) is 0 Å². The number of aromatic nitrogens is 2. The van der Waals surface area contributed by atoms with Gasteiger partial charge in [0.15, 0.2) is 0 Å². The van der Waals surface area contributed by atoms with Gasteiger partial charge >= 0.3 is 5.97 Å². The third-order valence-electron chi connectivity index (χ3n) is 6.29. The highest BCUT2D eigenvalue weighted by Crippen LogP contribution is 2.39. The molecule has 6 heteroatoms. The predicted octanol–water partition coefficient (Wildman–Crippen LogP) is 6.09. The highest BCUT2D eigenvalue weighted by molar-refractivity contribution is 6.33. The van der Waals surface area contributed by atoms with E-state index in [-0.39, 0.29) is 6.61 Å². The van der Waals surface area contributed by atoms with E-state index in [2.05, 4.69) is 41.9 Å². The van der Waals surface area contributed by atoms with Gasteiger partial charge in [0, 0.05) is 28.3 Å². The van der Waals surface area contributed by atoms with Crippen LogP contribution in [0.15, 0.2) is 54.6 Å².